The van der Waals surface area contributed by atoms with Crippen LogP contribution in [0, 0.1) is 0 Å². The third-order valence-corrected chi connectivity index (χ3v) is 4.54. The fraction of sp³-hybridized carbons (Fsp3) is 0.375. The summed E-state index contributed by atoms with van der Waals surface area (Å²) in [6.07, 6.45) is 6.33. The Morgan fingerprint density at radius 1 is 1.29 bits per heavy atom. The van der Waals surface area contributed by atoms with Gasteiger partial charge in [0.2, 0.25) is 6.29 Å². The van der Waals surface area contributed by atoms with E-state index in [0.717, 1.165) is 35.4 Å². The molecule has 2 N–H and O–H groups in total. The minimum atomic E-state index is -0.158. The zero-order valence-corrected chi connectivity index (χ0v) is 11.7. The van der Waals surface area contributed by atoms with Crippen molar-refractivity contribution in [3.05, 3.63) is 36.0 Å². The zero-order valence-electron chi connectivity index (χ0n) is 11.7. The Balaban J connectivity index is 2.00. The third kappa shape index (κ3) is 1.77. The topological polar surface area (TPSA) is 67.2 Å². The third-order valence-electron chi connectivity index (χ3n) is 4.54. The average Bonchev–Trinajstić information content (AvgIpc) is 2.90. The van der Waals surface area contributed by atoms with Crippen LogP contribution in [-0.2, 0) is 5.54 Å². The number of hydrogen-bond acceptors (Lipinski definition) is 5. The summed E-state index contributed by atoms with van der Waals surface area (Å²) in [5, 5.41) is 6.79. The normalized spacial score (nSPS) is 19.9. The Hall–Kier alpha value is -2.30. The van der Waals surface area contributed by atoms with Crippen LogP contribution in [0.1, 0.15) is 48.4 Å². The van der Waals surface area contributed by atoms with Crippen LogP contribution in [0.15, 0.2) is 28.9 Å². The quantitative estimate of drug-likeness (QED) is 0.786. The van der Waals surface area contributed by atoms with E-state index >= 15 is 0 Å². The molecular weight excluding hydrogens is 266 g/mol. The van der Waals surface area contributed by atoms with Crippen LogP contribution in [0.25, 0.3) is 11.1 Å². The maximum atomic E-state index is 11.0. The van der Waals surface area contributed by atoms with E-state index in [9.17, 15) is 4.79 Å². The van der Waals surface area contributed by atoms with Crippen LogP contribution in [0.5, 0.6) is 0 Å². The van der Waals surface area contributed by atoms with Crippen LogP contribution in [0.4, 0.5) is 5.69 Å². The van der Waals surface area contributed by atoms with Gasteiger partial charge in [0.05, 0.1) is 11.4 Å². The summed E-state index contributed by atoms with van der Waals surface area (Å²) >= 11 is 0. The summed E-state index contributed by atoms with van der Waals surface area (Å²) in [6, 6.07) is 3.88. The van der Waals surface area contributed by atoms with E-state index in [1.165, 1.54) is 19.3 Å². The number of aldehydes is 1. The fourth-order valence-corrected chi connectivity index (χ4v) is 3.71. The molecule has 1 saturated carbocycles. The molecule has 2 heterocycles. The highest BCUT2D eigenvalue weighted by molar-refractivity contribution is 5.87. The Labute approximate surface area is 122 Å². The molecule has 108 valence electrons. The van der Waals surface area contributed by atoms with Crippen molar-refractivity contribution in [2.45, 2.75) is 37.6 Å². The number of aromatic nitrogens is 1. The minimum Gasteiger partial charge on any atom is -0.433 e. The molecule has 1 aromatic heterocycles. The lowest BCUT2D eigenvalue weighted by Gasteiger charge is -2.44. The molecular formula is C16H17N3O2. The molecule has 0 atom stereocenters. The van der Waals surface area contributed by atoms with Crippen molar-refractivity contribution >= 4 is 23.1 Å². The van der Waals surface area contributed by atoms with Crippen LogP contribution < -0.4 is 10.6 Å². The largest absolute Gasteiger partial charge is 0.433 e. The molecule has 0 unspecified atom stereocenters. The number of benzene rings is 1. The zero-order chi connectivity index (χ0) is 14.4. The number of nitrogens with zero attached hydrogens (tertiary/aromatic N) is 1. The highest BCUT2D eigenvalue weighted by atomic mass is 16.4. The number of carbonyl (C=O) groups is 1. The molecule has 1 aliphatic heterocycles. The van der Waals surface area contributed by atoms with Gasteiger partial charge in [-0.15, -0.1) is 0 Å². The summed E-state index contributed by atoms with van der Waals surface area (Å²) in [7, 11) is 0. The molecule has 21 heavy (non-hydrogen) atoms. The van der Waals surface area contributed by atoms with Gasteiger partial charge in [-0.25, -0.2) is 4.98 Å². The first-order chi connectivity index (χ1) is 10.2. The van der Waals surface area contributed by atoms with Gasteiger partial charge in [0.15, 0.2) is 5.58 Å². The van der Waals surface area contributed by atoms with E-state index in [2.05, 4.69) is 22.2 Å². The van der Waals surface area contributed by atoms with Gasteiger partial charge in [0.1, 0.15) is 5.52 Å². The summed E-state index contributed by atoms with van der Waals surface area (Å²) in [5.41, 5.74) is 3.38. The summed E-state index contributed by atoms with van der Waals surface area (Å²) < 4.78 is 5.69. The molecule has 2 aromatic rings. The van der Waals surface area contributed by atoms with Gasteiger partial charge in [-0.1, -0.05) is 25.8 Å². The SMILES string of the molecule is C=C1Nc2ccc3nc(C=O)oc3c2C2(CCCCC2)N1. The monoisotopic (exact) mass is 283 g/mol. The molecule has 1 spiro atoms. The van der Waals surface area contributed by atoms with E-state index in [1.807, 2.05) is 12.1 Å². The molecule has 1 aliphatic carbocycles. The van der Waals surface area contributed by atoms with Gasteiger partial charge >= 0.3 is 0 Å². The second-order valence-corrected chi connectivity index (χ2v) is 5.88. The molecule has 4 rings (SSSR count). The van der Waals surface area contributed by atoms with Gasteiger partial charge in [0.25, 0.3) is 5.89 Å². The Morgan fingerprint density at radius 3 is 2.86 bits per heavy atom. The molecule has 0 bridgehead atoms. The molecule has 1 aromatic carbocycles. The van der Waals surface area contributed by atoms with Crippen molar-refractivity contribution in [1.82, 2.24) is 10.3 Å². The smallest absolute Gasteiger partial charge is 0.260 e. The lowest BCUT2D eigenvalue weighted by molar-refractivity contribution is 0.109. The molecule has 2 aliphatic rings. The second kappa shape index (κ2) is 4.35. The van der Waals surface area contributed by atoms with Crippen LogP contribution >= 0.6 is 0 Å². The Bertz CT molecular complexity index is 741. The van der Waals surface area contributed by atoms with E-state index in [4.69, 9.17) is 4.42 Å². The summed E-state index contributed by atoms with van der Waals surface area (Å²) in [5.74, 6) is 0.952. The number of carbonyl (C=O) groups excluding carboxylic acids is 1. The lowest BCUT2D eigenvalue weighted by atomic mass is 9.74. The lowest BCUT2D eigenvalue weighted by Crippen LogP contribution is -2.48. The first-order valence-corrected chi connectivity index (χ1v) is 7.35. The Morgan fingerprint density at radius 2 is 2.10 bits per heavy atom. The van der Waals surface area contributed by atoms with Crippen molar-refractivity contribution in [2.75, 3.05) is 5.32 Å². The number of rotatable bonds is 1. The van der Waals surface area contributed by atoms with E-state index in [1.54, 1.807) is 0 Å². The molecule has 0 saturated heterocycles. The van der Waals surface area contributed by atoms with Crippen molar-refractivity contribution < 1.29 is 9.21 Å². The predicted octanol–water partition coefficient (Wildman–Crippen LogP) is 3.29. The standard InChI is InChI=1S/C16H17N3O2/c1-10-17-11-5-6-12-15(21-13(9-20)18-12)14(11)16(19-10)7-3-2-4-8-16/h5-6,9,17,19H,1-4,7-8H2. The number of anilines is 1. The number of fused-ring (bicyclic) bond motifs is 4. The molecule has 5 nitrogen and oxygen atoms in total. The van der Waals surface area contributed by atoms with Gasteiger partial charge in [-0.3, -0.25) is 4.79 Å². The van der Waals surface area contributed by atoms with Gasteiger partial charge in [-0.2, -0.15) is 0 Å². The molecule has 0 radical (unpaired) electrons. The first-order valence-electron chi connectivity index (χ1n) is 7.35. The molecule has 1 fully saturated rings. The average molecular weight is 283 g/mol. The molecule has 0 amide bonds. The van der Waals surface area contributed by atoms with Gasteiger partial charge in [0, 0.05) is 11.3 Å². The van der Waals surface area contributed by atoms with Crippen molar-refractivity contribution in [1.29, 1.82) is 0 Å². The van der Waals surface area contributed by atoms with Crippen LogP contribution in [-0.4, -0.2) is 11.3 Å². The van der Waals surface area contributed by atoms with Gasteiger partial charge < -0.3 is 15.1 Å². The predicted molar refractivity (Wildman–Crippen MR) is 80.1 cm³/mol. The minimum absolute atomic E-state index is 0.133. The number of oxazole rings is 1. The summed E-state index contributed by atoms with van der Waals surface area (Å²) in [6.45, 7) is 4.04. The van der Waals surface area contributed by atoms with Crippen LogP contribution in [0.2, 0.25) is 0 Å². The van der Waals surface area contributed by atoms with Crippen LogP contribution in [0.3, 0.4) is 0 Å². The summed E-state index contributed by atoms with van der Waals surface area (Å²) in [4.78, 5) is 15.2. The Kier molecular flexibility index (Phi) is 2.58. The van der Waals surface area contributed by atoms with E-state index in [0.29, 0.717) is 11.9 Å². The van der Waals surface area contributed by atoms with E-state index in [-0.39, 0.29) is 11.4 Å². The van der Waals surface area contributed by atoms with Crippen molar-refractivity contribution in [3.8, 4) is 0 Å². The highest BCUT2D eigenvalue weighted by Gasteiger charge is 2.41. The number of nitrogens with one attached hydrogen (secondary N) is 2. The fourth-order valence-electron chi connectivity index (χ4n) is 3.71. The van der Waals surface area contributed by atoms with Crippen molar-refractivity contribution in [2.24, 2.45) is 0 Å². The highest BCUT2D eigenvalue weighted by Crippen LogP contribution is 2.46. The first kappa shape index (κ1) is 12.4. The second-order valence-electron chi connectivity index (χ2n) is 5.88. The maximum absolute atomic E-state index is 11.0. The van der Waals surface area contributed by atoms with Gasteiger partial charge in [-0.05, 0) is 25.0 Å². The van der Waals surface area contributed by atoms with E-state index < -0.39 is 0 Å². The maximum Gasteiger partial charge on any atom is 0.260 e. The molecule has 5 heteroatoms. The number of hydrogen-bond donors (Lipinski definition) is 2. The van der Waals surface area contributed by atoms with Crippen molar-refractivity contribution in [3.63, 3.8) is 0 Å².